The normalized spacial score (nSPS) is 26.1. The van der Waals surface area contributed by atoms with Gasteiger partial charge in [0, 0.05) is 13.0 Å². The highest BCUT2D eigenvalue weighted by molar-refractivity contribution is 5.36. The molecule has 112 valence electrons. The smallest absolute Gasteiger partial charge is 0.419 e. The number of hydrogen-bond donors (Lipinski definition) is 1. The van der Waals surface area contributed by atoms with E-state index in [-0.39, 0.29) is 12.2 Å². The quantitative estimate of drug-likeness (QED) is 0.906. The van der Waals surface area contributed by atoms with Crippen LogP contribution in [0.3, 0.4) is 0 Å². The van der Waals surface area contributed by atoms with Crippen LogP contribution in [0.1, 0.15) is 25.3 Å². The van der Waals surface area contributed by atoms with Crippen molar-refractivity contribution in [2.24, 2.45) is 0 Å². The van der Waals surface area contributed by atoms with Gasteiger partial charge in [-0.15, -0.1) is 0 Å². The molecular weight excluding hydrogens is 273 g/mol. The molecule has 0 saturated heterocycles. The molecule has 1 N–H and O–H groups in total. The van der Waals surface area contributed by atoms with Gasteiger partial charge in [0.15, 0.2) is 0 Å². The van der Waals surface area contributed by atoms with Crippen LogP contribution in [0.15, 0.2) is 24.3 Å². The summed E-state index contributed by atoms with van der Waals surface area (Å²) in [6.45, 7) is 2.36. The van der Waals surface area contributed by atoms with Gasteiger partial charge in [0.1, 0.15) is 18.0 Å². The van der Waals surface area contributed by atoms with Gasteiger partial charge in [0.05, 0.1) is 11.7 Å². The molecule has 1 saturated carbocycles. The second-order valence-electron chi connectivity index (χ2n) is 4.79. The minimum absolute atomic E-state index is 0.220. The van der Waals surface area contributed by atoms with Crippen LogP contribution in [-0.4, -0.2) is 30.0 Å². The van der Waals surface area contributed by atoms with Crippen molar-refractivity contribution in [3.63, 3.8) is 0 Å². The lowest BCUT2D eigenvalue weighted by Crippen LogP contribution is -2.55. The maximum Gasteiger partial charge on any atom is 0.419 e. The number of halogens is 3. The summed E-state index contributed by atoms with van der Waals surface area (Å²) in [5, 5.41) is 9.58. The van der Waals surface area contributed by atoms with Gasteiger partial charge in [-0.2, -0.15) is 13.2 Å². The van der Waals surface area contributed by atoms with Crippen molar-refractivity contribution in [3.05, 3.63) is 29.8 Å². The molecule has 3 atom stereocenters. The molecule has 6 heteroatoms. The summed E-state index contributed by atoms with van der Waals surface area (Å²) < 4.78 is 49.3. The molecule has 0 bridgehead atoms. The minimum atomic E-state index is -4.46. The Hall–Kier alpha value is -1.27. The highest BCUT2D eigenvalue weighted by Crippen LogP contribution is 2.38. The Morgan fingerprint density at radius 1 is 1.30 bits per heavy atom. The highest BCUT2D eigenvalue weighted by atomic mass is 19.4. The Labute approximate surface area is 115 Å². The summed E-state index contributed by atoms with van der Waals surface area (Å²) in [4.78, 5) is 0. The lowest BCUT2D eigenvalue weighted by molar-refractivity contribution is -0.167. The molecule has 0 aromatic heterocycles. The molecule has 0 heterocycles. The van der Waals surface area contributed by atoms with E-state index in [9.17, 15) is 18.3 Å². The van der Waals surface area contributed by atoms with E-state index in [0.29, 0.717) is 6.61 Å². The summed E-state index contributed by atoms with van der Waals surface area (Å²) in [5.74, 6) is -0.220. The Balaban J connectivity index is 2.07. The molecular formula is C14H17F3O3. The number of benzene rings is 1. The standard InChI is InChI=1S/C14H17F3O3/c1-2-7-19-13-10(18)8-12(13)20-11-6-4-3-5-9(11)14(15,16)17/h3-6,10,12-13,18H,2,7-8H2,1H3. The lowest BCUT2D eigenvalue weighted by atomic mass is 9.88. The Kier molecular flexibility index (Phi) is 4.55. The van der Waals surface area contributed by atoms with Gasteiger partial charge < -0.3 is 14.6 Å². The van der Waals surface area contributed by atoms with Crippen molar-refractivity contribution in [2.75, 3.05) is 6.61 Å². The average molecular weight is 290 g/mol. The van der Waals surface area contributed by atoms with Crippen molar-refractivity contribution in [2.45, 2.75) is 44.3 Å². The molecule has 1 aliphatic rings. The predicted octanol–water partition coefficient (Wildman–Crippen LogP) is 3.01. The molecule has 0 amide bonds. The first-order valence-electron chi connectivity index (χ1n) is 6.56. The molecule has 20 heavy (non-hydrogen) atoms. The highest BCUT2D eigenvalue weighted by Gasteiger charge is 2.44. The van der Waals surface area contributed by atoms with Crippen LogP contribution >= 0.6 is 0 Å². The third kappa shape index (κ3) is 3.24. The van der Waals surface area contributed by atoms with Gasteiger partial charge in [-0.05, 0) is 18.6 Å². The van der Waals surface area contributed by atoms with Crippen molar-refractivity contribution < 1.29 is 27.8 Å². The number of para-hydroxylation sites is 1. The zero-order valence-corrected chi connectivity index (χ0v) is 11.1. The third-order valence-corrected chi connectivity index (χ3v) is 3.20. The molecule has 2 rings (SSSR count). The Morgan fingerprint density at radius 2 is 2.00 bits per heavy atom. The number of aliphatic hydroxyl groups excluding tert-OH is 1. The van der Waals surface area contributed by atoms with Crippen LogP contribution in [0.5, 0.6) is 5.75 Å². The van der Waals surface area contributed by atoms with Gasteiger partial charge in [-0.1, -0.05) is 19.1 Å². The van der Waals surface area contributed by atoms with E-state index in [1.807, 2.05) is 6.92 Å². The topological polar surface area (TPSA) is 38.7 Å². The van der Waals surface area contributed by atoms with Gasteiger partial charge in [-0.3, -0.25) is 0 Å². The number of hydrogen-bond acceptors (Lipinski definition) is 3. The largest absolute Gasteiger partial charge is 0.487 e. The zero-order valence-electron chi connectivity index (χ0n) is 11.1. The third-order valence-electron chi connectivity index (χ3n) is 3.20. The van der Waals surface area contributed by atoms with E-state index < -0.39 is 30.1 Å². The molecule has 3 unspecified atom stereocenters. The van der Waals surface area contributed by atoms with E-state index >= 15 is 0 Å². The molecule has 1 aromatic rings. The number of alkyl halides is 3. The Morgan fingerprint density at radius 3 is 2.60 bits per heavy atom. The summed E-state index contributed by atoms with van der Waals surface area (Å²) >= 11 is 0. The first-order valence-corrected chi connectivity index (χ1v) is 6.56. The van der Waals surface area contributed by atoms with Crippen LogP contribution in [0, 0.1) is 0 Å². The van der Waals surface area contributed by atoms with E-state index in [2.05, 4.69) is 0 Å². The van der Waals surface area contributed by atoms with Gasteiger partial charge >= 0.3 is 6.18 Å². The molecule has 1 aliphatic carbocycles. The van der Waals surface area contributed by atoms with Crippen molar-refractivity contribution in [1.82, 2.24) is 0 Å². The van der Waals surface area contributed by atoms with Crippen molar-refractivity contribution in [1.29, 1.82) is 0 Å². The minimum Gasteiger partial charge on any atom is -0.487 e. The van der Waals surface area contributed by atoms with E-state index in [4.69, 9.17) is 9.47 Å². The van der Waals surface area contributed by atoms with Crippen LogP contribution in [-0.2, 0) is 10.9 Å². The summed E-state index contributed by atoms with van der Waals surface area (Å²) in [6.07, 6.45) is -5.19. The van der Waals surface area contributed by atoms with Crippen molar-refractivity contribution >= 4 is 0 Å². The summed E-state index contributed by atoms with van der Waals surface area (Å²) in [7, 11) is 0. The fourth-order valence-electron chi connectivity index (χ4n) is 2.11. The molecule has 0 spiro atoms. The molecule has 1 fully saturated rings. The molecule has 1 aromatic carbocycles. The zero-order chi connectivity index (χ0) is 14.8. The number of ether oxygens (including phenoxy) is 2. The molecule has 0 aliphatic heterocycles. The van der Waals surface area contributed by atoms with Crippen molar-refractivity contribution in [3.8, 4) is 5.75 Å². The second-order valence-corrected chi connectivity index (χ2v) is 4.79. The first kappa shape index (κ1) is 15.1. The van der Waals surface area contributed by atoms with Gasteiger partial charge in [0.2, 0.25) is 0 Å². The van der Waals surface area contributed by atoms with Crippen LogP contribution in [0.2, 0.25) is 0 Å². The number of aliphatic hydroxyl groups is 1. The van der Waals surface area contributed by atoms with Crippen LogP contribution in [0.25, 0.3) is 0 Å². The van der Waals surface area contributed by atoms with E-state index in [0.717, 1.165) is 12.5 Å². The van der Waals surface area contributed by atoms with Gasteiger partial charge in [-0.25, -0.2) is 0 Å². The monoisotopic (exact) mass is 290 g/mol. The summed E-state index contributed by atoms with van der Waals surface area (Å²) in [5.41, 5.74) is -0.810. The number of rotatable bonds is 5. The fraction of sp³-hybridized carbons (Fsp3) is 0.571. The molecule has 3 nitrogen and oxygen atoms in total. The summed E-state index contributed by atoms with van der Waals surface area (Å²) in [6, 6.07) is 5.06. The van der Waals surface area contributed by atoms with E-state index in [1.165, 1.54) is 18.2 Å². The SMILES string of the molecule is CCCOC1C(O)CC1Oc1ccccc1C(F)(F)F. The fourth-order valence-corrected chi connectivity index (χ4v) is 2.11. The second kappa shape index (κ2) is 6.01. The van der Waals surface area contributed by atoms with Gasteiger partial charge in [0.25, 0.3) is 0 Å². The Bertz CT molecular complexity index is 448. The maximum atomic E-state index is 12.8. The van der Waals surface area contributed by atoms with Crippen LogP contribution < -0.4 is 4.74 Å². The van der Waals surface area contributed by atoms with Crippen LogP contribution in [0.4, 0.5) is 13.2 Å². The lowest BCUT2D eigenvalue weighted by Gasteiger charge is -2.41. The molecule has 0 radical (unpaired) electrons. The average Bonchev–Trinajstić information content (AvgIpc) is 2.38. The van der Waals surface area contributed by atoms with E-state index in [1.54, 1.807) is 0 Å². The predicted molar refractivity (Wildman–Crippen MR) is 66.5 cm³/mol. The maximum absolute atomic E-state index is 12.8. The first-order chi connectivity index (χ1) is 9.43.